The van der Waals surface area contributed by atoms with Crippen LogP contribution in [0.3, 0.4) is 0 Å². The highest BCUT2D eigenvalue weighted by Crippen LogP contribution is 2.48. The largest absolute Gasteiger partial charge is 0.379 e. The van der Waals surface area contributed by atoms with Crippen molar-refractivity contribution in [2.24, 2.45) is 4.99 Å². The van der Waals surface area contributed by atoms with Gasteiger partial charge in [-0.2, -0.15) is 0 Å². The number of rotatable bonds is 7. The summed E-state index contributed by atoms with van der Waals surface area (Å²) in [7, 11) is 1.78. The molecule has 1 saturated heterocycles. The predicted octanol–water partition coefficient (Wildman–Crippen LogP) is 3.16. The van der Waals surface area contributed by atoms with E-state index in [4.69, 9.17) is 4.74 Å². The minimum Gasteiger partial charge on any atom is -0.379 e. The normalized spacial score (nSPS) is 20.3. The van der Waals surface area contributed by atoms with E-state index >= 15 is 0 Å². The van der Waals surface area contributed by atoms with Crippen molar-refractivity contribution in [1.29, 1.82) is 0 Å². The van der Waals surface area contributed by atoms with Crippen molar-refractivity contribution in [3.8, 4) is 0 Å². The van der Waals surface area contributed by atoms with Gasteiger partial charge < -0.3 is 15.4 Å². The molecule has 0 radical (unpaired) electrons. The van der Waals surface area contributed by atoms with E-state index in [1.165, 1.54) is 4.88 Å². The van der Waals surface area contributed by atoms with Crippen LogP contribution in [-0.2, 0) is 10.2 Å². The Morgan fingerprint density at radius 1 is 1.21 bits per heavy atom. The number of halogens is 1. The van der Waals surface area contributed by atoms with E-state index in [-0.39, 0.29) is 11.2 Å². The van der Waals surface area contributed by atoms with Crippen LogP contribution in [0.25, 0.3) is 0 Å². The molecule has 1 aliphatic heterocycles. The monoisotopic (exact) mass is 416 g/mol. The van der Waals surface area contributed by atoms with Gasteiger partial charge in [-0.1, -0.05) is 24.3 Å². The van der Waals surface area contributed by atoms with Gasteiger partial charge in [-0.05, 0) is 35.9 Å². The lowest BCUT2D eigenvalue weighted by molar-refractivity contribution is 0.0177. The molecule has 29 heavy (non-hydrogen) atoms. The second-order valence-electron chi connectivity index (χ2n) is 7.75. The van der Waals surface area contributed by atoms with Gasteiger partial charge in [0.25, 0.3) is 0 Å². The molecule has 2 aromatic rings. The molecule has 5 nitrogen and oxygen atoms in total. The maximum absolute atomic E-state index is 14.3. The zero-order chi connectivity index (χ0) is 20.1. The fourth-order valence-electron chi connectivity index (χ4n) is 4.03. The van der Waals surface area contributed by atoms with E-state index in [2.05, 4.69) is 38.0 Å². The molecule has 0 amide bonds. The van der Waals surface area contributed by atoms with Gasteiger partial charge in [-0.15, -0.1) is 11.3 Å². The molecule has 1 unspecified atom stereocenters. The minimum absolute atomic E-state index is 0.111. The van der Waals surface area contributed by atoms with Crippen molar-refractivity contribution in [1.82, 2.24) is 15.5 Å². The van der Waals surface area contributed by atoms with Gasteiger partial charge in [0.1, 0.15) is 5.82 Å². The van der Waals surface area contributed by atoms with Crippen molar-refractivity contribution in [3.63, 3.8) is 0 Å². The lowest BCUT2D eigenvalue weighted by Crippen LogP contribution is -2.47. The van der Waals surface area contributed by atoms with E-state index in [0.717, 1.165) is 57.2 Å². The van der Waals surface area contributed by atoms with Crippen molar-refractivity contribution in [2.75, 3.05) is 46.4 Å². The van der Waals surface area contributed by atoms with Crippen molar-refractivity contribution < 1.29 is 9.13 Å². The molecule has 156 valence electrons. The maximum atomic E-state index is 14.3. The molecule has 2 fully saturated rings. The molecular formula is C22H29FN4OS. The molecule has 1 aromatic heterocycles. The molecular weight excluding hydrogens is 387 g/mol. The summed E-state index contributed by atoms with van der Waals surface area (Å²) in [5.41, 5.74) is 0.702. The van der Waals surface area contributed by atoms with E-state index < -0.39 is 0 Å². The van der Waals surface area contributed by atoms with Crippen LogP contribution in [0.1, 0.15) is 29.3 Å². The van der Waals surface area contributed by atoms with Crippen LogP contribution in [-0.4, -0.2) is 57.3 Å². The summed E-state index contributed by atoms with van der Waals surface area (Å²) in [4.78, 5) is 8.21. The summed E-state index contributed by atoms with van der Waals surface area (Å²) in [5.74, 6) is 0.655. The van der Waals surface area contributed by atoms with Gasteiger partial charge in [0.15, 0.2) is 5.96 Å². The van der Waals surface area contributed by atoms with Crippen LogP contribution in [0.15, 0.2) is 46.8 Å². The highest BCUT2D eigenvalue weighted by Gasteiger charge is 2.45. The third-order valence-electron chi connectivity index (χ3n) is 5.94. The number of ether oxygens (including phenoxy) is 1. The molecule has 0 spiro atoms. The fourth-order valence-corrected chi connectivity index (χ4v) is 4.89. The van der Waals surface area contributed by atoms with Crippen molar-refractivity contribution in [2.45, 2.75) is 24.3 Å². The number of hydrogen-bond donors (Lipinski definition) is 2. The maximum Gasteiger partial charge on any atom is 0.191 e. The molecule has 0 bridgehead atoms. The zero-order valence-electron chi connectivity index (χ0n) is 16.9. The summed E-state index contributed by atoms with van der Waals surface area (Å²) in [5, 5.41) is 9.05. The summed E-state index contributed by atoms with van der Waals surface area (Å²) in [6.45, 7) is 4.89. The van der Waals surface area contributed by atoms with Gasteiger partial charge >= 0.3 is 0 Å². The molecule has 2 aliphatic rings. The van der Waals surface area contributed by atoms with E-state index in [1.807, 2.05) is 12.1 Å². The third-order valence-corrected chi connectivity index (χ3v) is 6.91. The Balaban J connectivity index is 1.36. The number of morpholine rings is 1. The van der Waals surface area contributed by atoms with Crippen molar-refractivity contribution in [3.05, 3.63) is 58.0 Å². The number of thiophene rings is 1. The topological polar surface area (TPSA) is 48.9 Å². The second-order valence-corrected chi connectivity index (χ2v) is 8.73. The van der Waals surface area contributed by atoms with Crippen LogP contribution in [0.5, 0.6) is 0 Å². The van der Waals surface area contributed by atoms with Crippen LogP contribution in [0.4, 0.5) is 4.39 Å². The van der Waals surface area contributed by atoms with E-state index in [1.54, 1.807) is 30.5 Å². The number of hydrogen-bond acceptors (Lipinski definition) is 4. The molecule has 1 atom stereocenters. The molecule has 2 N–H and O–H groups in total. The lowest BCUT2D eigenvalue weighted by atomic mass is 9.95. The van der Waals surface area contributed by atoms with Gasteiger partial charge in [-0.25, -0.2) is 4.39 Å². The second kappa shape index (κ2) is 9.24. The number of aliphatic imine (C=N–C) groups is 1. The molecule has 7 heteroatoms. The Morgan fingerprint density at radius 2 is 2.00 bits per heavy atom. The van der Waals surface area contributed by atoms with Crippen LogP contribution < -0.4 is 10.6 Å². The quantitative estimate of drug-likeness (QED) is 0.538. The van der Waals surface area contributed by atoms with Gasteiger partial charge in [0.2, 0.25) is 0 Å². The predicted molar refractivity (Wildman–Crippen MR) is 116 cm³/mol. The Bertz CT molecular complexity index is 816. The smallest absolute Gasteiger partial charge is 0.191 e. The average molecular weight is 417 g/mol. The summed E-state index contributed by atoms with van der Waals surface area (Å²) in [6.07, 6.45) is 2.01. The zero-order valence-corrected chi connectivity index (χ0v) is 17.7. The van der Waals surface area contributed by atoms with Crippen LogP contribution in [0.2, 0.25) is 0 Å². The first-order valence-electron chi connectivity index (χ1n) is 10.3. The first-order valence-corrected chi connectivity index (χ1v) is 11.1. The number of guanidine groups is 1. The van der Waals surface area contributed by atoms with Crippen LogP contribution in [0, 0.1) is 5.82 Å². The van der Waals surface area contributed by atoms with Crippen LogP contribution >= 0.6 is 11.3 Å². The highest BCUT2D eigenvalue weighted by molar-refractivity contribution is 7.10. The molecule has 1 saturated carbocycles. The Morgan fingerprint density at radius 3 is 2.66 bits per heavy atom. The summed E-state index contributed by atoms with van der Waals surface area (Å²) in [6, 6.07) is 11.7. The Labute approximate surface area is 176 Å². The Kier molecular flexibility index (Phi) is 6.47. The summed E-state index contributed by atoms with van der Waals surface area (Å²) >= 11 is 1.79. The van der Waals surface area contributed by atoms with Gasteiger partial charge in [0, 0.05) is 43.5 Å². The molecule has 4 rings (SSSR count). The average Bonchev–Trinajstić information content (AvgIpc) is 3.35. The molecule has 2 heterocycles. The van der Waals surface area contributed by atoms with E-state index in [0.29, 0.717) is 12.6 Å². The third kappa shape index (κ3) is 4.79. The Hall–Kier alpha value is -1.96. The standard InChI is InChI=1S/C22H29FN4OS/c1-24-21(26-16-22(8-9-22)17-5-2-3-6-18(17)23)25-15-19(20-7-4-14-29-20)27-10-12-28-13-11-27/h2-7,14,19H,8-13,15-16H2,1H3,(H2,24,25,26). The summed E-state index contributed by atoms with van der Waals surface area (Å²) < 4.78 is 19.8. The molecule has 1 aliphatic carbocycles. The number of nitrogens with zero attached hydrogens (tertiary/aromatic N) is 2. The first-order chi connectivity index (χ1) is 14.2. The fraction of sp³-hybridized carbons (Fsp3) is 0.500. The van der Waals surface area contributed by atoms with Gasteiger partial charge in [0.05, 0.1) is 19.3 Å². The lowest BCUT2D eigenvalue weighted by Gasteiger charge is -2.34. The number of nitrogens with one attached hydrogen (secondary N) is 2. The minimum atomic E-state index is -0.111. The SMILES string of the molecule is CN=C(NCC(c1cccs1)N1CCOCC1)NCC1(c2ccccc2F)CC1. The van der Waals surface area contributed by atoms with Gasteiger partial charge in [-0.3, -0.25) is 9.89 Å². The van der Waals surface area contributed by atoms with E-state index in [9.17, 15) is 4.39 Å². The highest BCUT2D eigenvalue weighted by atomic mass is 32.1. The van der Waals surface area contributed by atoms with Crippen molar-refractivity contribution >= 4 is 17.3 Å². The number of benzene rings is 1. The first kappa shape index (κ1) is 20.3. The molecule has 1 aromatic carbocycles.